The van der Waals surface area contributed by atoms with Gasteiger partial charge in [-0.2, -0.15) is 10.1 Å². The first kappa shape index (κ1) is 12.3. The minimum absolute atomic E-state index is 0.0169. The number of anilines is 1. The molecule has 2 aliphatic rings. The Morgan fingerprint density at radius 2 is 2.16 bits per heavy atom. The number of amides is 1. The van der Waals surface area contributed by atoms with E-state index in [0.717, 1.165) is 37.3 Å². The smallest absolute Gasteiger partial charge is 0.254 e. The van der Waals surface area contributed by atoms with Crippen LogP contribution in [-0.2, 0) is 9.53 Å². The van der Waals surface area contributed by atoms with Crippen LogP contribution < -0.4 is 5.01 Å². The van der Waals surface area contributed by atoms with Crippen LogP contribution in [0.1, 0.15) is 24.8 Å². The highest BCUT2D eigenvalue weighted by molar-refractivity contribution is 6.13. The minimum atomic E-state index is 0.0169. The number of nitrogens with zero attached hydrogens (tertiary/aromatic N) is 3. The maximum atomic E-state index is 12.1. The molecule has 5 heteroatoms. The van der Waals surface area contributed by atoms with Crippen LogP contribution in [0.2, 0.25) is 0 Å². The summed E-state index contributed by atoms with van der Waals surface area (Å²) in [5.41, 5.74) is 1.95. The van der Waals surface area contributed by atoms with Gasteiger partial charge < -0.3 is 4.74 Å². The van der Waals surface area contributed by atoms with E-state index in [-0.39, 0.29) is 5.91 Å². The van der Waals surface area contributed by atoms with Gasteiger partial charge in [0.15, 0.2) is 5.82 Å². The number of hydrazone groups is 1. The summed E-state index contributed by atoms with van der Waals surface area (Å²) in [4.78, 5) is 16.4. The van der Waals surface area contributed by atoms with Crippen LogP contribution in [0.3, 0.4) is 0 Å². The highest BCUT2D eigenvalue weighted by Gasteiger charge is 2.32. The van der Waals surface area contributed by atoms with Crippen molar-refractivity contribution in [2.24, 2.45) is 11.0 Å². The van der Waals surface area contributed by atoms with E-state index in [0.29, 0.717) is 18.2 Å². The molecule has 0 unspecified atom stereocenters. The average molecular weight is 259 g/mol. The third-order valence-corrected chi connectivity index (χ3v) is 3.67. The molecular weight excluding hydrogens is 242 g/mol. The van der Waals surface area contributed by atoms with Gasteiger partial charge in [-0.25, -0.2) is 4.98 Å². The standard InChI is InChI=1S/C14H17N3O2/c1-10-3-2-6-15-14(10)17-13(18)9-12(16-17)11-4-7-19-8-5-11/h2-3,6,11H,4-5,7-9H2,1H3. The summed E-state index contributed by atoms with van der Waals surface area (Å²) in [6.07, 6.45) is 4.03. The molecule has 2 aliphatic heterocycles. The molecule has 5 nitrogen and oxygen atoms in total. The maximum Gasteiger partial charge on any atom is 0.254 e. The lowest BCUT2D eigenvalue weighted by atomic mass is 9.93. The summed E-state index contributed by atoms with van der Waals surface area (Å²) < 4.78 is 5.35. The highest BCUT2D eigenvalue weighted by Crippen LogP contribution is 2.27. The van der Waals surface area contributed by atoms with E-state index in [1.54, 1.807) is 6.20 Å². The van der Waals surface area contributed by atoms with Gasteiger partial charge in [-0.1, -0.05) is 6.07 Å². The fraction of sp³-hybridized carbons (Fsp3) is 0.500. The quantitative estimate of drug-likeness (QED) is 0.815. The van der Waals surface area contributed by atoms with Gasteiger partial charge in [-0.3, -0.25) is 4.79 Å². The predicted octanol–water partition coefficient (Wildman–Crippen LogP) is 1.91. The van der Waals surface area contributed by atoms with Crippen molar-refractivity contribution < 1.29 is 9.53 Å². The third-order valence-electron chi connectivity index (χ3n) is 3.67. The first-order valence-corrected chi connectivity index (χ1v) is 6.65. The van der Waals surface area contributed by atoms with E-state index in [4.69, 9.17) is 4.74 Å². The number of ether oxygens (including phenoxy) is 1. The summed E-state index contributed by atoms with van der Waals surface area (Å²) in [6, 6.07) is 3.81. The summed E-state index contributed by atoms with van der Waals surface area (Å²) in [7, 11) is 0. The lowest BCUT2D eigenvalue weighted by molar-refractivity contribution is -0.117. The molecule has 1 saturated heterocycles. The normalized spacial score (nSPS) is 20.8. The van der Waals surface area contributed by atoms with E-state index in [9.17, 15) is 4.79 Å². The molecule has 1 fully saturated rings. The first-order valence-electron chi connectivity index (χ1n) is 6.65. The van der Waals surface area contributed by atoms with Crippen molar-refractivity contribution in [1.29, 1.82) is 0 Å². The minimum Gasteiger partial charge on any atom is -0.381 e. The molecule has 0 N–H and O–H groups in total. The monoisotopic (exact) mass is 259 g/mol. The number of carbonyl (C=O) groups is 1. The second-order valence-corrected chi connectivity index (χ2v) is 5.00. The lowest BCUT2D eigenvalue weighted by Gasteiger charge is -2.21. The highest BCUT2D eigenvalue weighted by atomic mass is 16.5. The van der Waals surface area contributed by atoms with E-state index in [2.05, 4.69) is 10.1 Å². The average Bonchev–Trinajstić information content (AvgIpc) is 2.82. The largest absolute Gasteiger partial charge is 0.381 e. The Balaban J connectivity index is 1.85. The number of hydrogen-bond donors (Lipinski definition) is 0. The Morgan fingerprint density at radius 3 is 2.89 bits per heavy atom. The second kappa shape index (κ2) is 5.09. The number of carbonyl (C=O) groups excluding carboxylic acids is 1. The zero-order valence-electron chi connectivity index (χ0n) is 11.0. The number of hydrogen-bond acceptors (Lipinski definition) is 4. The van der Waals surface area contributed by atoms with E-state index >= 15 is 0 Å². The lowest BCUT2D eigenvalue weighted by Crippen LogP contribution is -2.23. The van der Waals surface area contributed by atoms with E-state index in [1.807, 2.05) is 19.1 Å². The fourth-order valence-corrected chi connectivity index (χ4v) is 2.57. The van der Waals surface area contributed by atoms with Gasteiger partial charge in [0.2, 0.25) is 0 Å². The molecule has 19 heavy (non-hydrogen) atoms. The van der Waals surface area contributed by atoms with Crippen molar-refractivity contribution in [2.45, 2.75) is 26.2 Å². The van der Waals surface area contributed by atoms with Crippen LogP contribution in [-0.4, -0.2) is 29.8 Å². The second-order valence-electron chi connectivity index (χ2n) is 5.00. The molecule has 0 aromatic carbocycles. The van der Waals surface area contributed by atoms with Gasteiger partial charge in [0, 0.05) is 25.3 Å². The topological polar surface area (TPSA) is 54.8 Å². The van der Waals surface area contributed by atoms with Crippen molar-refractivity contribution in [2.75, 3.05) is 18.2 Å². The molecule has 1 amide bonds. The molecule has 3 heterocycles. The first-order chi connectivity index (χ1) is 9.25. The number of rotatable bonds is 2. The van der Waals surface area contributed by atoms with E-state index in [1.165, 1.54) is 5.01 Å². The van der Waals surface area contributed by atoms with Gasteiger partial charge in [-0.15, -0.1) is 0 Å². The van der Waals surface area contributed by atoms with Gasteiger partial charge in [-0.05, 0) is 31.4 Å². The van der Waals surface area contributed by atoms with Gasteiger partial charge in [0.05, 0.1) is 12.1 Å². The molecule has 100 valence electrons. The molecule has 0 atom stereocenters. The summed E-state index contributed by atoms with van der Waals surface area (Å²) in [6.45, 7) is 3.47. The molecular formula is C14H17N3O2. The fourth-order valence-electron chi connectivity index (χ4n) is 2.57. The molecule has 0 radical (unpaired) electrons. The zero-order chi connectivity index (χ0) is 13.2. The van der Waals surface area contributed by atoms with Crippen molar-refractivity contribution in [3.05, 3.63) is 23.9 Å². The molecule has 1 aromatic rings. The van der Waals surface area contributed by atoms with Crippen molar-refractivity contribution in [3.63, 3.8) is 0 Å². The summed E-state index contributed by atoms with van der Waals surface area (Å²) in [5, 5.41) is 5.96. The number of pyridine rings is 1. The van der Waals surface area contributed by atoms with Crippen LogP contribution in [0.5, 0.6) is 0 Å². The Bertz CT molecular complexity index is 521. The van der Waals surface area contributed by atoms with Crippen molar-refractivity contribution >= 4 is 17.4 Å². The van der Waals surface area contributed by atoms with Gasteiger partial charge in [0.1, 0.15) is 0 Å². The Hall–Kier alpha value is -1.75. The van der Waals surface area contributed by atoms with Crippen molar-refractivity contribution in [1.82, 2.24) is 4.98 Å². The van der Waals surface area contributed by atoms with E-state index < -0.39 is 0 Å². The van der Waals surface area contributed by atoms with Crippen LogP contribution in [0.4, 0.5) is 5.82 Å². The van der Waals surface area contributed by atoms with Crippen LogP contribution in [0.25, 0.3) is 0 Å². The molecule has 0 spiro atoms. The predicted molar refractivity (Wildman–Crippen MR) is 72.1 cm³/mol. The summed E-state index contributed by atoms with van der Waals surface area (Å²) >= 11 is 0. The molecule has 0 saturated carbocycles. The van der Waals surface area contributed by atoms with Crippen molar-refractivity contribution in [3.8, 4) is 0 Å². The van der Waals surface area contributed by atoms with Gasteiger partial charge in [0.25, 0.3) is 5.91 Å². The molecule has 0 bridgehead atoms. The SMILES string of the molecule is Cc1cccnc1N1N=C(C2CCOCC2)CC1=O. The Morgan fingerprint density at radius 1 is 1.37 bits per heavy atom. The molecule has 1 aromatic heterocycles. The third kappa shape index (κ3) is 2.38. The summed E-state index contributed by atoms with van der Waals surface area (Å²) in [5.74, 6) is 1.05. The Kier molecular flexibility index (Phi) is 3.29. The number of aromatic nitrogens is 1. The number of aryl methyl sites for hydroxylation is 1. The Labute approximate surface area is 112 Å². The van der Waals surface area contributed by atoms with Crippen LogP contribution in [0, 0.1) is 12.8 Å². The zero-order valence-corrected chi connectivity index (χ0v) is 11.0. The van der Waals surface area contributed by atoms with Crippen LogP contribution in [0.15, 0.2) is 23.4 Å². The van der Waals surface area contributed by atoms with Gasteiger partial charge >= 0.3 is 0 Å². The van der Waals surface area contributed by atoms with Crippen LogP contribution >= 0.6 is 0 Å². The maximum absolute atomic E-state index is 12.1. The molecule has 0 aliphatic carbocycles. The molecule has 3 rings (SSSR count).